The van der Waals surface area contributed by atoms with Crippen molar-refractivity contribution in [3.63, 3.8) is 0 Å². The van der Waals surface area contributed by atoms with Gasteiger partial charge in [0.1, 0.15) is 0 Å². The maximum absolute atomic E-state index is 5.27. The summed E-state index contributed by atoms with van der Waals surface area (Å²) in [6.45, 7) is 0. The Morgan fingerprint density at radius 3 is 1.74 bits per heavy atom. The predicted molar refractivity (Wildman–Crippen MR) is 87.2 cm³/mol. The third kappa shape index (κ3) is 3.22. The summed E-state index contributed by atoms with van der Waals surface area (Å²) in [5, 5.41) is 12.0. The van der Waals surface area contributed by atoms with Crippen molar-refractivity contribution in [1.82, 2.24) is 20.3 Å². The van der Waals surface area contributed by atoms with Crippen LogP contribution in [0, 0.1) is 0 Å². The zero-order valence-corrected chi connectivity index (χ0v) is 13.6. The fourth-order valence-electron chi connectivity index (χ4n) is 2.12. The third-order valence-corrected chi connectivity index (χ3v) is 4.93. The van der Waals surface area contributed by atoms with E-state index in [9.17, 15) is 0 Å². The summed E-state index contributed by atoms with van der Waals surface area (Å²) in [5.41, 5.74) is 0. The summed E-state index contributed by atoms with van der Waals surface area (Å²) in [4.78, 5) is 10.8. The zero-order chi connectivity index (χ0) is 15.5. The van der Waals surface area contributed by atoms with Gasteiger partial charge in [-0.1, -0.05) is 22.4 Å². The molecule has 0 atom stereocenters. The minimum absolute atomic E-state index is 0.631. The van der Waals surface area contributed by atoms with E-state index in [2.05, 4.69) is 20.3 Å². The van der Waals surface area contributed by atoms with Gasteiger partial charge >= 0.3 is 0 Å². The second-order valence-electron chi connectivity index (χ2n) is 4.83. The maximum atomic E-state index is 5.27. The number of nitrogens with zero attached hydrogens (tertiary/aromatic N) is 4. The van der Waals surface area contributed by atoms with Gasteiger partial charge < -0.3 is 9.05 Å². The fraction of sp³-hybridized carbons (Fsp3) is 0.200. The molecule has 116 valence electrons. The number of aromatic nitrogens is 4. The van der Waals surface area contributed by atoms with Gasteiger partial charge in [0.05, 0.1) is 9.75 Å². The molecule has 0 aliphatic rings. The smallest absolute Gasteiger partial charge is 0.226 e. The molecule has 0 bridgehead atoms. The Labute approximate surface area is 139 Å². The van der Waals surface area contributed by atoms with E-state index in [0.29, 0.717) is 36.3 Å². The van der Waals surface area contributed by atoms with Gasteiger partial charge in [-0.05, 0) is 29.3 Å². The first-order valence-corrected chi connectivity index (χ1v) is 8.87. The number of rotatable bonds is 6. The lowest BCUT2D eigenvalue weighted by molar-refractivity contribution is 0.360. The molecule has 8 heteroatoms. The van der Waals surface area contributed by atoms with Crippen LogP contribution in [0.2, 0.25) is 0 Å². The molecule has 4 aromatic heterocycles. The molecule has 0 fully saturated rings. The SMILES string of the molecule is c1csc(-c2noc(CCCc3nc(-c4cccs4)no3)n2)c1. The van der Waals surface area contributed by atoms with E-state index >= 15 is 0 Å². The lowest BCUT2D eigenvalue weighted by atomic mass is 10.2. The first kappa shape index (κ1) is 14.3. The second-order valence-corrected chi connectivity index (χ2v) is 6.73. The number of aryl methyl sites for hydroxylation is 2. The molecule has 23 heavy (non-hydrogen) atoms. The standard InChI is InChI=1S/C15H12N4O2S2/c1(6-12-16-14(18-20-12)10-4-2-8-22-10)7-13-17-15(19-21-13)11-5-3-9-23-11/h2-5,8-9H,1,6-7H2. The predicted octanol–water partition coefficient (Wildman–Crippen LogP) is 4.08. The molecule has 0 amide bonds. The van der Waals surface area contributed by atoms with E-state index in [-0.39, 0.29) is 0 Å². The zero-order valence-electron chi connectivity index (χ0n) is 12.0. The summed E-state index contributed by atoms with van der Waals surface area (Å²) >= 11 is 3.19. The highest BCUT2D eigenvalue weighted by atomic mass is 32.1. The summed E-state index contributed by atoms with van der Waals surface area (Å²) in [5.74, 6) is 2.55. The van der Waals surface area contributed by atoms with E-state index in [1.807, 2.05) is 35.0 Å². The van der Waals surface area contributed by atoms with Crippen LogP contribution in [0.15, 0.2) is 44.1 Å². The van der Waals surface area contributed by atoms with Crippen molar-refractivity contribution >= 4 is 22.7 Å². The van der Waals surface area contributed by atoms with Crippen LogP contribution >= 0.6 is 22.7 Å². The van der Waals surface area contributed by atoms with Gasteiger partial charge in [0, 0.05) is 12.8 Å². The lowest BCUT2D eigenvalue weighted by Crippen LogP contribution is -1.91. The van der Waals surface area contributed by atoms with Crippen LogP contribution < -0.4 is 0 Å². The Morgan fingerprint density at radius 1 is 0.783 bits per heavy atom. The van der Waals surface area contributed by atoms with Crippen molar-refractivity contribution in [2.45, 2.75) is 19.3 Å². The Balaban J connectivity index is 1.34. The van der Waals surface area contributed by atoms with Crippen LogP contribution in [0.3, 0.4) is 0 Å². The maximum Gasteiger partial charge on any atom is 0.226 e. The minimum Gasteiger partial charge on any atom is -0.339 e. The van der Waals surface area contributed by atoms with E-state index in [0.717, 1.165) is 16.2 Å². The highest BCUT2D eigenvalue weighted by Gasteiger charge is 2.12. The number of hydrogen-bond donors (Lipinski definition) is 0. The second kappa shape index (κ2) is 6.43. The van der Waals surface area contributed by atoms with Gasteiger partial charge in [0.15, 0.2) is 0 Å². The van der Waals surface area contributed by atoms with Crippen LogP contribution in [0.5, 0.6) is 0 Å². The molecule has 0 saturated heterocycles. The van der Waals surface area contributed by atoms with Crippen LogP contribution in [-0.2, 0) is 12.8 Å². The largest absolute Gasteiger partial charge is 0.339 e. The van der Waals surface area contributed by atoms with Crippen molar-refractivity contribution < 1.29 is 9.05 Å². The normalized spacial score (nSPS) is 11.1. The molecule has 6 nitrogen and oxygen atoms in total. The van der Waals surface area contributed by atoms with E-state index < -0.39 is 0 Å². The Hall–Kier alpha value is -2.32. The fourth-order valence-corrected chi connectivity index (χ4v) is 3.41. The van der Waals surface area contributed by atoms with Gasteiger partial charge in [-0.15, -0.1) is 22.7 Å². The van der Waals surface area contributed by atoms with E-state index in [4.69, 9.17) is 9.05 Å². The molecule has 0 radical (unpaired) electrons. The van der Waals surface area contributed by atoms with Crippen molar-refractivity contribution in [2.75, 3.05) is 0 Å². The van der Waals surface area contributed by atoms with Gasteiger partial charge in [-0.2, -0.15) is 9.97 Å². The molecule has 0 unspecified atom stereocenters. The number of thiophene rings is 2. The van der Waals surface area contributed by atoms with Crippen molar-refractivity contribution in [3.8, 4) is 21.4 Å². The third-order valence-electron chi connectivity index (χ3n) is 3.20. The molecule has 4 rings (SSSR count). The molecular formula is C15H12N4O2S2. The molecule has 4 aromatic rings. The van der Waals surface area contributed by atoms with Crippen LogP contribution in [0.1, 0.15) is 18.2 Å². The quantitative estimate of drug-likeness (QED) is 0.524. The molecular weight excluding hydrogens is 332 g/mol. The molecule has 0 spiro atoms. The Bertz CT molecular complexity index is 793. The van der Waals surface area contributed by atoms with E-state index in [1.54, 1.807) is 22.7 Å². The minimum atomic E-state index is 0.631. The summed E-state index contributed by atoms with van der Waals surface area (Å²) in [6, 6.07) is 7.89. The van der Waals surface area contributed by atoms with Gasteiger partial charge in [0.2, 0.25) is 23.4 Å². The summed E-state index contributed by atoms with van der Waals surface area (Å²) < 4.78 is 10.5. The van der Waals surface area contributed by atoms with Crippen LogP contribution in [0.4, 0.5) is 0 Å². The Morgan fingerprint density at radius 2 is 1.30 bits per heavy atom. The van der Waals surface area contributed by atoms with E-state index in [1.165, 1.54) is 0 Å². The molecule has 0 aliphatic carbocycles. The summed E-state index contributed by atoms with van der Waals surface area (Å²) in [7, 11) is 0. The van der Waals surface area contributed by atoms with Crippen molar-refractivity contribution in [3.05, 3.63) is 46.8 Å². The molecule has 0 aromatic carbocycles. The van der Waals surface area contributed by atoms with Crippen molar-refractivity contribution in [1.29, 1.82) is 0 Å². The van der Waals surface area contributed by atoms with Crippen LogP contribution in [0.25, 0.3) is 21.4 Å². The first-order valence-electron chi connectivity index (χ1n) is 7.11. The molecule has 0 aliphatic heterocycles. The summed E-state index contributed by atoms with van der Waals surface area (Å²) in [6.07, 6.45) is 2.20. The van der Waals surface area contributed by atoms with Crippen LogP contribution in [-0.4, -0.2) is 20.3 Å². The number of hydrogen-bond acceptors (Lipinski definition) is 8. The van der Waals surface area contributed by atoms with Gasteiger partial charge in [-0.25, -0.2) is 0 Å². The molecule has 0 saturated carbocycles. The highest BCUT2D eigenvalue weighted by molar-refractivity contribution is 7.13. The highest BCUT2D eigenvalue weighted by Crippen LogP contribution is 2.23. The average Bonchev–Trinajstić information content (AvgIpc) is 3.33. The topological polar surface area (TPSA) is 77.8 Å². The average molecular weight is 344 g/mol. The first-order chi connectivity index (χ1) is 11.4. The molecule has 0 N–H and O–H groups in total. The Kier molecular flexibility index (Phi) is 3.99. The monoisotopic (exact) mass is 344 g/mol. The van der Waals surface area contributed by atoms with Gasteiger partial charge in [0.25, 0.3) is 0 Å². The van der Waals surface area contributed by atoms with Gasteiger partial charge in [-0.3, -0.25) is 0 Å². The molecule has 4 heterocycles. The van der Waals surface area contributed by atoms with Crippen molar-refractivity contribution in [2.24, 2.45) is 0 Å². The lowest BCUT2D eigenvalue weighted by Gasteiger charge is -1.91.